The SMILES string of the molecule is CO[C@@]1(O)[C@H](O)[C@@H](CO)O[C@H]1n1ccc(=N)n(C)c1=O. The monoisotopic (exact) mass is 287 g/mol. The minimum absolute atomic E-state index is 0.0236. The zero-order chi connectivity index (χ0) is 15.1. The predicted octanol–water partition coefficient (Wildman–Crippen LogP) is -2.75. The van der Waals surface area contributed by atoms with Crippen LogP contribution in [0.4, 0.5) is 0 Å². The number of ether oxygens (including phenoxy) is 2. The molecule has 0 spiro atoms. The molecule has 0 unspecified atom stereocenters. The minimum Gasteiger partial charge on any atom is -0.394 e. The predicted molar refractivity (Wildman–Crippen MR) is 64.5 cm³/mol. The molecule has 9 heteroatoms. The van der Waals surface area contributed by atoms with Crippen LogP contribution in [0.15, 0.2) is 17.1 Å². The van der Waals surface area contributed by atoms with Gasteiger partial charge in [0.2, 0.25) is 5.79 Å². The van der Waals surface area contributed by atoms with Crippen LogP contribution in [0.5, 0.6) is 0 Å². The molecule has 4 N–H and O–H groups in total. The first-order valence-corrected chi connectivity index (χ1v) is 5.91. The third-order valence-corrected chi connectivity index (χ3v) is 3.46. The molecule has 20 heavy (non-hydrogen) atoms. The number of hydrogen-bond acceptors (Lipinski definition) is 7. The second-order valence-electron chi connectivity index (χ2n) is 4.56. The number of nitrogens with one attached hydrogen (secondary N) is 1. The molecular formula is C11H17N3O6. The molecule has 1 saturated heterocycles. The van der Waals surface area contributed by atoms with Crippen LogP contribution in [-0.4, -0.2) is 56.2 Å². The molecule has 0 radical (unpaired) electrons. The van der Waals surface area contributed by atoms with E-state index < -0.39 is 36.5 Å². The van der Waals surface area contributed by atoms with Gasteiger partial charge in [-0.1, -0.05) is 0 Å². The van der Waals surface area contributed by atoms with E-state index in [1.807, 2.05) is 0 Å². The van der Waals surface area contributed by atoms with E-state index in [-0.39, 0.29) is 5.49 Å². The van der Waals surface area contributed by atoms with E-state index in [0.29, 0.717) is 0 Å². The van der Waals surface area contributed by atoms with Gasteiger partial charge in [0, 0.05) is 20.4 Å². The fourth-order valence-electron chi connectivity index (χ4n) is 2.16. The summed E-state index contributed by atoms with van der Waals surface area (Å²) < 4.78 is 12.2. The Morgan fingerprint density at radius 1 is 1.60 bits per heavy atom. The summed E-state index contributed by atoms with van der Waals surface area (Å²) >= 11 is 0. The molecule has 4 atom stereocenters. The number of rotatable bonds is 3. The molecule has 9 nitrogen and oxygen atoms in total. The summed E-state index contributed by atoms with van der Waals surface area (Å²) in [6.45, 7) is -0.541. The zero-order valence-corrected chi connectivity index (χ0v) is 11.1. The fraction of sp³-hybridized carbons (Fsp3) is 0.636. The number of hydrogen-bond donors (Lipinski definition) is 4. The van der Waals surface area contributed by atoms with Crippen molar-refractivity contribution in [3.05, 3.63) is 28.2 Å². The van der Waals surface area contributed by atoms with E-state index in [4.69, 9.17) is 20.0 Å². The van der Waals surface area contributed by atoms with Crippen LogP contribution >= 0.6 is 0 Å². The van der Waals surface area contributed by atoms with Crippen LogP contribution in [0.1, 0.15) is 6.23 Å². The molecular weight excluding hydrogens is 270 g/mol. The lowest BCUT2D eigenvalue weighted by atomic mass is 10.1. The molecule has 2 heterocycles. The first-order valence-electron chi connectivity index (χ1n) is 5.91. The van der Waals surface area contributed by atoms with Gasteiger partial charge in [-0.25, -0.2) is 4.79 Å². The van der Waals surface area contributed by atoms with Crippen LogP contribution in [0, 0.1) is 5.41 Å². The van der Waals surface area contributed by atoms with E-state index in [1.165, 1.54) is 19.3 Å². The second-order valence-corrected chi connectivity index (χ2v) is 4.56. The largest absolute Gasteiger partial charge is 0.394 e. The van der Waals surface area contributed by atoms with Gasteiger partial charge in [-0.3, -0.25) is 14.5 Å². The van der Waals surface area contributed by atoms with Crippen molar-refractivity contribution in [2.45, 2.75) is 24.2 Å². The Morgan fingerprint density at radius 2 is 2.25 bits per heavy atom. The number of nitrogens with zero attached hydrogens (tertiary/aromatic N) is 2. The van der Waals surface area contributed by atoms with E-state index >= 15 is 0 Å². The number of methoxy groups -OCH3 is 1. The number of aromatic nitrogens is 2. The average Bonchev–Trinajstić information content (AvgIpc) is 2.70. The maximum absolute atomic E-state index is 12.1. The maximum Gasteiger partial charge on any atom is 0.331 e. The molecule has 0 saturated carbocycles. The lowest BCUT2D eigenvalue weighted by Gasteiger charge is -2.30. The average molecular weight is 287 g/mol. The summed E-state index contributed by atoms with van der Waals surface area (Å²) in [6, 6.07) is 1.33. The first kappa shape index (κ1) is 14.9. The van der Waals surface area contributed by atoms with Gasteiger partial charge in [-0.2, -0.15) is 0 Å². The summed E-state index contributed by atoms with van der Waals surface area (Å²) in [5.41, 5.74) is -0.645. The van der Waals surface area contributed by atoms with Crippen molar-refractivity contribution in [3.8, 4) is 0 Å². The fourth-order valence-corrected chi connectivity index (χ4v) is 2.16. The Balaban J connectivity index is 2.55. The molecule has 1 aromatic rings. The molecule has 0 aromatic carbocycles. The van der Waals surface area contributed by atoms with Crippen molar-refractivity contribution < 1.29 is 24.8 Å². The van der Waals surface area contributed by atoms with E-state index in [9.17, 15) is 15.0 Å². The molecule has 2 rings (SSSR count). The topological polar surface area (TPSA) is 130 Å². The standard InChI is InChI=1S/C11H17N3O6/c1-13-7(12)3-4-14(10(13)17)9-11(18,19-2)8(16)6(5-15)20-9/h3-4,6,8-9,12,15-16,18H,5H2,1-2H3/t6-,8-,9-,11+/m1/s1. The van der Waals surface area contributed by atoms with Crippen LogP contribution in [0.3, 0.4) is 0 Å². The molecule has 112 valence electrons. The quantitative estimate of drug-likeness (QED) is 0.446. The summed E-state index contributed by atoms with van der Waals surface area (Å²) in [4.78, 5) is 12.1. The Bertz CT molecular complexity index is 611. The van der Waals surface area contributed by atoms with Crippen LogP contribution in [0.2, 0.25) is 0 Å². The third-order valence-electron chi connectivity index (χ3n) is 3.46. The highest BCUT2D eigenvalue weighted by Crippen LogP contribution is 2.37. The summed E-state index contributed by atoms with van der Waals surface area (Å²) in [5, 5.41) is 36.9. The third kappa shape index (κ3) is 2.00. The molecule has 0 bridgehead atoms. The maximum atomic E-state index is 12.1. The van der Waals surface area contributed by atoms with Crippen molar-refractivity contribution in [3.63, 3.8) is 0 Å². The lowest BCUT2D eigenvalue weighted by molar-refractivity contribution is -0.265. The van der Waals surface area contributed by atoms with Gasteiger partial charge in [0.15, 0.2) is 6.23 Å². The minimum atomic E-state index is -2.17. The highest BCUT2D eigenvalue weighted by molar-refractivity contribution is 4.98. The van der Waals surface area contributed by atoms with Crippen molar-refractivity contribution in [1.29, 1.82) is 5.41 Å². The molecule has 1 fully saturated rings. The van der Waals surface area contributed by atoms with Gasteiger partial charge in [0.25, 0.3) is 0 Å². The smallest absolute Gasteiger partial charge is 0.331 e. The molecule has 1 aromatic heterocycles. The molecule has 0 amide bonds. The van der Waals surface area contributed by atoms with Gasteiger partial charge in [0.1, 0.15) is 17.7 Å². The van der Waals surface area contributed by atoms with Crippen LogP contribution in [0.25, 0.3) is 0 Å². The van der Waals surface area contributed by atoms with Crippen molar-refractivity contribution in [2.24, 2.45) is 7.05 Å². The van der Waals surface area contributed by atoms with E-state index in [1.54, 1.807) is 0 Å². The van der Waals surface area contributed by atoms with Gasteiger partial charge in [0.05, 0.1) is 6.61 Å². The second kappa shape index (κ2) is 5.11. The van der Waals surface area contributed by atoms with Gasteiger partial charge in [-0.15, -0.1) is 0 Å². The molecule has 0 aliphatic carbocycles. The molecule has 1 aliphatic heterocycles. The lowest BCUT2D eigenvalue weighted by Crippen LogP contribution is -2.51. The Hall–Kier alpha value is -1.52. The van der Waals surface area contributed by atoms with Gasteiger partial charge in [-0.05, 0) is 6.07 Å². The highest BCUT2D eigenvalue weighted by atomic mass is 16.7. The van der Waals surface area contributed by atoms with Crippen molar-refractivity contribution in [1.82, 2.24) is 9.13 Å². The summed E-state index contributed by atoms with van der Waals surface area (Å²) in [6.07, 6.45) is -2.68. The first-order chi connectivity index (χ1) is 9.36. The van der Waals surface area contributed by atoms with Crippen molar-refractivity contribution in [2.75, 3.05) is 13.7 Å². The van der Waals surface area contributed by atoms with Gasteiger partial charge < -0.3 is 24.8 Å². The Morgan fingerprint density at radius 3 is 2.80 bits per heavy atom. The Kier molecular flexibility index (Phi) is 3.80. The van der Waals surface area contributed by atoms with Gasteiger partial charge >= 0.3 is 5.69 Å². The van der Waals surface area contributed by atoms with Crippen LogP contribution < -0.4 is 11.2 Å². The van der Waals surface area contributed by atoms with E-state index in [2.05, 4.69) is 0 Å². The molecule has 1 aliphatic rings. The summed E-state index contributed by atoms with van der Waals surface area (Å²) in [5.74, 6) is -2.17. The van der Waals surface area contributed by atoms with Crippen molar-refractivity contribution >= 4 is 0 Å². The summed E-state index contributed by atoms with van der Waals surface area (Å²) in [7, 11) is 2.55. The van der Waals surface area contributed by atoms with E-state index in [0.717, 1.165) is 16.2 Å². The van der Waals surface area contributed by atoms with Crippen LogP contribution in [-0.2, 0) is 16.5 Å². The highest BCUT2D eigenvalue weighted by Gasteiger charge is 2.57. The zero-order valence-electron chi connectivity index (χ0n) is 11.1. The number of aliphatic hydroxyl groups excluding tert-OH is 2. The Labute approximate surface area is 113 Å². The number of aliphatic hydroxyl groups is 3. The normalized spacial score (nSPS) is 33.5.